The van der Waals surface area contributed by atoms with Crippen molar-refractivity contribution in [2.75, 3.05) is 0 Å². The number of hydrogen-bond donors (Lipinski definition) is 1. The van der Waals surface area contributed by atoms with Crippen LogP contribution in [-0.4, -0.2) is 14.1 Å². The first-order valence-electron chi connectivity index (χ1n) is 6.30. The van der Waals surface area contributed by atoms with Crippen LogP contribution in [0.15, 0.2) is 38.7 Å². The Bertz CT molecular complexity index is 567. The Labute approximate surface area is 122 Å². The van der Waals surface area contributed by atoms with Gasteiger partial charge >= 0.3 is 0 Å². The lowest BCUT2D eigenvalue weighted by Crippen LogP contribution is -2.22. The highest BCUT2D eigenvalue weighted by atomic mass is 79.9. The molecule has 0 radical (unpaired) electrons. The summed E-state index contributed by atoms with van der Waals surface area (Å²) in [5, 5.41) is 4.07. The molecule has 1 aromatic carbocycles. The Morgan fingerprint density at radius 2 is 2.00 bits per heavy atom. The third kappa shape index (κ3) is 4.04. The molecule has 4 nitrogen and oxygen atoms in total. The number of halogens is 1. The zero-order chi connectivity index (χ0) is 13.9. The molecular weight excluding hydrogens is 328 g/mol. The van der Waals surface area contributed by atoms with E-state index >= 15 is 0 Å². The van der Waals surface area contributed by atoms with Crippen LogP contribution in [0.2, 0.25) is 0 Å². The van der Waals surface area contributed by atoms with E-state index in [9.17, 15) is 8.42 Å². The first-order valence-corrected chi connectivity index (χ1v) is 8.58. The van der Waals surface area contributed by atoms with Crippen molar-refractivity contribution in [3.63, 3.8) is 0 Å². The number of sulfonamides is 1. The molecule has 0 aromatic heterocycles. The van der Waals surface area contributed by atoms with E-state index in [4.69, 9.17) is 0 Å². The molecule has 0 saturated heterocycles. The third-order valence-electron chi connectivity index (χ3n) is 3.19. The fraction of sp³-hybridized carbons (Fsp3) is 0.462. The molecule has 0 aliphatic heterocycles. The van der Waals surface area contributed by atoms with E-state index in [0.717, 1.165) is 29.4 Å². The van der Waals surface area contributed by atoms with Crippen LogP contribution in [0.1, 0.15) is 32.6 Å². The van der Waals surface area contributed by atoms with Crippen LogP contribution in [0, 0.1) is 5.92 Å². The number of hydrazone groups is 1. The van der Waals surface area contributed by atoms with Crippen molar-refractivity contribution < 1.29 is 8.42 Å². The minimum Gasteiger partial charge on any atom is -0.200 e. The van der Waals surface area contributed by atoms with E-state index in [0.29, 0.717) is 5.92 Å². The Kier molecular flexibility index (Phi) is 4.62. The Morgan fingerprint density at radius 3 is 2.63 bits per heavy atom. The third-order valence-corrected chi connectivity index (χ3v) is 4.95. The van der Waals surface area contributed by atoms with E-state index in [-0.39, 0.29) is 4.90 Å². The monoisotopic (exact) mass is 344 g/mol. The van der Waals surface area contributed by atoms with Crippen molar-refractivity contribution >= 4 is 31.7 Å². The quantitative estimate of drug-likeness (QED) is 0.855. The van der Waals surface area contributed by atoms with Crippen molar-refractivity contribution in [3.05, 3.63) is 28.7 Å². The molecule has 1 atom stereocenters. The summed E-state index contributed by atoms with van der Waals surface area (Å²) in [6.45, 7) is 2.16. The lowest BCUT2D eigenvalue weighted by atomic mass is 9.89. The summed E-state index contributed by atoms with van der Waals surface area (Å²) in [6.07, 6.45) is 4.04. The standard InChI is InChI=1S/C13H17BrN2O2S/c1-10-3-2-4-12(9-10)15-16-19(17,18)13-7-5-11(14)6-8-13/h5-8,10,16H,2-4,9H2,1H3. The molecule has 1 aromatic rings. The molecular formula is C13H17BrN2O2S. The van der Waals surface area contributed by atoms with Crippen LogP contribution in [0.4, 0.5) is 0 Å². The van der Waals surface area contributed by atoms with E-state index in [1.54, 1.807) is 24.3 Å². The van der Waals surface area contributed by atoms with Gasteiger partial charge in [-0.2, -0.15) is 13.5 Å². The van der Waals surface area contributed by atoms with Gasteiger partial charge in [-0.25, -0.2) is 4.83 Å². The summed E-state index contributed by atoms with van der Waals surface area (Å²) in [4.78, 5) is 2.56. The van der Waals surface area contributed by atoms with Gasteiger partial charge in [0.05, 0.1) is 4.90 Å². The zero-order valence-electron chi connectivity index (χ0n) is 10.8. The van der Waals surface area contributed by atoms with E-state index in [1.807, 2.05) is 0 Å². The van der Waals surface area contributed by atoms with Gasteiger partial charge in [0.1, 0.15) is 0 Å². The van der Waals surface area contributed by atoms with Crippen LogP contribution in [-0.2, 0) is 10.0 Å². The molecule has 0 heterocycles. The normalized spacial score (nSPS) is 22.4. The van der Waals surface area contributed by atoms with Gasteiger partial charge in [-0.3, -0.25) is 0 Å². The molecule has 1 saturated carbocycles. The fourth-order valence-corrected chi connectivity index (χ4v) is 3.27. The van der Waals surface area contributed by atoms with Crippen molar-refractivity contribution in [1.82, 2.24) is 4.83 Å². The van der Waals surface area contributed by atoms with Gasteiger partial charge in [0.2, 0.25) is 0 Å². The van der Waals surface area contributed by atoms with Gasteiger partial charge in [0.25, 0.3) is 10.0 Å². The number of rotatable bonds is 3. The Hall–Kier alpha value is -0.880. The maximum Gasteiger partial charge on any atom is 0.276 e. The van der Waals surface area contributed by atoms with E-state index in [2.05, 4.69) is 32.8 Å². The minimum absolute atomic E-state index is 0.226. The highest BCUT2D eigenvalue weighted by Gasteiger charge is 2.16. The summed E-state index contributed by atoms with van der Waals surface area (Å²) >= 11 is 3.28. The average molecular weight is 345 g/mol. The predicted octanol–water partition coefficient (Wildman–Crippen LogP) is 3.29. The van der Waals surface area contributed by atoms with Gasteiger partial charge in [-0.05, 0) is 55.9 Å². The summed E-state index contributed by atoms with van der Waals surface area (Å²) in [5.74, 6) is 0.588. The molecule has 0 spiro atoms. The topological polar surface area (TPSA) is 58.5 Å². The fourth-order valence-electron chi connectivity index (χ4n) is 2.15. The molecule has 1 unspecified atom stereocenters. The van der Waals surface area contributed by atoms with Gasteiger partial charge in [0.15, 0.2) is 0 Å². The van der Waals surface area contributed by atoms with Gasteiger partial charge < -0.3 is 0 Å². The summed E-state index contributed by atoms with van der Waals surface area (Å²) in [6, 6.07) is 6.50. The van der Waals surface area contributed by atoms with E-state index in [1.165, 1.54) is 6.42 Å². The first kappa shape index (κ1) is 14.5. The second kappa shape index (κ2) is 6.05. The summed E-state index contributed by atoms with van der Waals surface area (Å²) < 4.78 is 24.9. The molecule has 6 heteroatoms. The van der Waals surface area contributed by atoms with Crippen LogP contribution in [0.25, 0.3) is 0 Å². The van der Waals surface area contributed by atoms with Gasteiger partial charge in [-0.15, -0.1) is 0 Å². The molecule has 104 valence electrons. The number of benzene rings is 1. The maximum atomic E-state index is 12.0. The minimum atomic E-state index is -3.55. The highest BCUT2D eigenvalue weighted by molar-refractivity contribution is 9.10. The Morgan fingerprint density at radius 1 is 1.32 bits per heavy atom. The van der Waals surface area contributed by atoms with Crippen LogP contribution in [0.5, 0.6) is 0 Å². The maximum absolute atomic E-state index is 12.0. The first-order chi connectivity index (χ1) is 8.97. The largest absolute Gasteiger partial charge is 0.276 e. The molecule has 2 rings (SSSR count). The molecule has 1 aliphatic rings. The molecule has 0 bridgehead atoms. The average Bonchev–Trinajstić information content (AvgIpc) is 2.37. The number of nitrogens with one attached hydrogen (secondary N) is 1. The highest BCUT2D eigenvalue weighted by Crippen LogP contribution is 2.21. The van der Waals surface area contributed by atoms with Crippen LogP contribution in [0.3, 0.4) is 0 Å². The van der Waals surface area contributed by atoms with Crippen molar-refractivity contribution in [2.45, 2.75) is 37.5 Å². The summed E-state index contributed by atoms with van der Waals surface area (Å²) in [5.41, 5.74) is 0.944. The molecule has 1 fully saturated rings. The Balaban J connectivity index is 2.09. The SMILES string of the molecule is CC1CCCC(=NNS(=O)(=O)c2ccc(Br)cc2)C1. The second-order valence-corrected chi connectivity index (χ2v) is 7.50. The molecule has 1 aliphatic carbocycles. The van der Waals surface area contributed by atoms with Crippen LogP contribution < -0.4 is 4.83 Å². The number of hydrogen-bond acceptors (Lipinski definition) is 3. The summed E-state index contributed by atoms with van der Waals surface area (Å²) in [7, 11) is -3.55. The predicted molar refractivity (Wildman–Crippen MR) is 79.5 cm³/mol. The van der Waals surface area contributed by atoms with Gasteiger partial charge in [-0.1, -0.05) is 22.9 Å². The van der Waals surface area contributed by atoms with Gasteiger partial charge in [0, 0.05) is 10.2 Å². The molecule has 0 amide bonds. The zero-order valence-corrected chi connectivity index (χ0v) is 13.2. The lowest BCUT2D eigenvalue weighted by Gasteiger charge is -2.19. The van der Waals surface area contributed by atoms with Crippen molar-refractivity contribution in [2.24, 2.45) is 11.0 Å². The van der Waals surface area contributed by atoms with E-state index < -0.39 is 10.0 Å². The second-order valence-electron chi connectivity index (χ2n) is 4.93. The lowest BCUT2D eigenvalue weighted by molar-refractivity contribution is 0.498. The molecule has 1 N–H and O–H groups in total. The number of nitrogens with zero attached hydrogens (tertiary/aromatic N) is 1. The molecule has 19 heavy (non-hydrogen) atoms. The van der Waals surface area contributed by atoms with Crippen molar-refractivity contribution in [1.29, 1.82) is 0 Å². The van der Waals surface area contributed by atoms with Crippen molar-refractivity contribution in [3.8, 4) is 0 Å². The van der Waals surface area contributed by atoms with Crippen LogP contribution >= 0.6 is 15.9 Å². The smallest absolute Gasteiger partial charge is 0.200 e.